The lowest BCUT2D eigenvalue weighted by atomic mass is 9.83. The highest BCUT2D eigenvalue weighted by Gasteiger charge is 2.40. The van der Waals surface area contributed by atoms with Crippen molar-refractivity contribution in [2.24, 2.45) is 5.92 Å². The van der Waals surface area contributed by atoms with Gasteiger partial charge in [-0.25, -0.2) is 0 Å². The number of nitrogens with zero attached hydrogens (tertiary/aromatic N) is 1. The van der Waals surface area contributed by atoms with Crippen LogP contribution in [0.25, 0.3) is 21.7 Å². The number of aromatic amines is 1. The van der Waals surface area contributed by atoms with E-state index in [0.29, 0.717) is 18.5 Å². The topological polar surface area (TPSA) is 36.1 Å². The number of para-hydroxylation sites is 1. The van der Waals surface area contributed by atoms with Crippen molar-refractivity contribution in [2.45, 2.75) is 25.1 Å². The van der Waals surface area contributed by atoms with Gasteiger partial charge in [0.1, 0.15) is 0 Å². The summed E-state index contributed by atoms with van der Waals surface area (Å²) < 4.78 is 39.8. The smallest absolute Gasteiger partial charge is 0.356 e. The van der Waals surface area contributed by atoms with Crippen LogP contribution in [0.4, 0.5) is 13.2 Å². The van der Waals surface area contributed by atoms with Crippen molar-refractivity contribution in [1.82, 2.24) is 9.88 Å². The Labute approximate surface area is 200 Å². The van der Waals surface area contributed by atoms with Gasteiger partial charge in [-0.15, -0.1) is 0 Å². The molecule has 0 radical (unpaired) electrons. The molecule has 2 atom stereocenters. The fraction of sp³-hybridized carbons (Fsp3) is 0.207. The predicted octanol–water partition coefficient (Wildman–Crippen LogP) is 7.13. The first-order chi connectivity index (χ1) is 16.9. The van der Waals surface area contributed by atoms with Gasteiger partial charge in [0.05, 0.1) is 11.6 Å². The summed E-state index contributed by atoms with van der Waals surface area (Å²) in [7, 11) is 0. The molecule has 1 N–H and O–H groups in total. The van der Waals surface area contributed by atoms with Crippen LogP contribution in [0.3, 0.4) is 0 Å². The molecule has 1 aromatic heterocycles. The van der Waals surface area contributed by atoms with Gasteiger partial charge in [0.2, 0.25) is 0 Å². The normalized spacial score (nSPS) is 20.2. The van der Waals surface area contributed by atoms with E-state index in [9.17, 15) is 18.0 Å². The van der Waals surface area contributed by atoms with Crippen LogP contribution < -0.4 is 0 Å². The number of nitrogens with one attached hydrogen (secondary N) is 1. The van der Waals surface area contributed by atoms with E-state index in [0.717, 1.165) is 39.0 Å². The quantitative estimate of drug-likeness (QED) is 0.331. The first-order valence-corrected chi connectivity index (χ1v) is 11.7. The summed E-state index contributed by atoms with van der Waals surface area (Å²) >= 11 is 0. The summed E-state index contributed by atoms with van der Waals surface area (Å²) in [6.07, 6.45) is 0.557. The molecule has 176 valence electrons. The highest BCUT2D eigenvalue weighted by atomic mass is 19.4. The van der Waals surface area contributed by atoms with E-state index in [1.54, 1.807) is 6.08 Å². The van der Waals surface area contributed by atoms with Crippen LogP contribution in [0.1, 0.15) is 34.1 Å². The third-order valence-electron chi connectivity index (χ3n) is 7.20. The molecular weight excluding hydrogens is 449 g/mol. The highest BCUT2D eigenvalue weighted by molar-refractivity contribution is 5.99. The number of hydrogen-bond acceptors (Lipinski definition) is 1. The zero-order chi connectivity index (χ0) is 24.2. The molecule has 0 saturated carbocycles. The second-order valence-corrected chi connectivity index (χ2v) is 9.23. The molecule has 2 unspecified atom stereocenters. The summed E-state index contributed by atoms with van der Waals surface area (Å²) in [5, 5.41) is 3.14. The fourth-order valence-corrected chi connectivity index (χ4v) is 5.51. The number of carbonyl (C=O) groups excluding carboxylic acids is 1. The molecule has 6 heteroatoms. The van der Waals surface area contributed by atoms with Crippen molar-refractivity contribution in [3.63, 3.8) is 0 Å². The molecule has 1 aliphatic heterocycles. The Morgan fingerprint density at radius 3 is 2.51 bits per heavy atom. The van der Waals surface area contributed by atoms with E-state index in [1.807, 2.05) is 65.6 Å². The number of halogens is 3. The number of H-pyrrole nitrogens is 1. The number of rotatable bonds is 2. The number of fused-ring (bicyclic) bond motifs is 4. The molecule has 2 heterocycles. The third kappa shape index (κ3) is 3.73. The number of allylic oxidation sites excluding steroid dienone is 3. The first kappa shape index (κ1) is 21.7. The third-order valence-corrected chi connectivity index (χ3v) is 7.20. The van der Waals surface area contributed by atoms with Gasteiger partial charge in [-0.05, 0) is 47.4 Å². The predicted molar refractivity (Wildman–Crippen MR) is 131 cm³/mol. The van der Waals surface area contributed by atoms with Gasteiger partial charge in [0.15, 0.2) is 0 Å². The number of amides is 1. The van der Waals surface area contributed by atoms with Gasteiger partial charge in [-0.2, -0.15) is 13.2 Å². The summed E-state index contributed by atoms with van der Waals surface area (Å²) in [6.45, 7) is 0.505. The maximum atomic E-state index is 13.8. The molecule has 3 nitrogen and oxygen atoms in total. The minimum atomic E-state index is -4.37. The standard InChI is InChI=1S/C29H23F3N2O/c30-29(31,32)22-13-11-19(12-14-22)27-26-24(23-7-3-4-8-25(23)33-26)15-16-34(27)28(35)21-10-9-18-5-1-2-6-20(18)17-21/h1-11,13-14,17,19,27,33H,12,15-16H2. The van der Waals surface area contributed by atoms with Crippen molar-refractivity contribution < 1.29 is 18.0 Å². The molecule has 1 aliphatic carbocycles. The zero-order valence-electron chi connectivity index (χ0n) is 18.8. The van der Waals surface area contributed by atoms with Crippen molar-refractivity contribution >= 4 is 27.6 Å². The van der Waals surface area contributed by atoms with Gasteiger partial charge in [0.25, 0.3) is 5.91 Å². The van der Waals surface area contributed by atoms with Crippen LogP contribution in [-0.2, 0) is 6.42 Å². The van der Waals surface area contributed by atoms with Gasteiger partial charge < -0.3 is 9.88 Å². The molecule has 6 rings (SSSR count). The Balaban J connectivity index is 1.42. The second-order valence-electron chi connectivity index (χ2n) is 9.23. The van der Waals surface area contributed by atoms with Crippen molar-refractivity contribution in [3.05, 3.63) is 107 Å². The minimum absolute atomic E-state index is 0.107. The average molecular weight is 473 g/mol. The first-order valence-electron chi connectivity index (χ1n) is 11.7. The highest BCUT2D eigenvalue weighted by Crippen LogP contribution is 2.43. The summed E-state index contributed by atoms with van der Waals surface area (Å²) in [4.78, 5) is 19.2. The van der Waals surface area contributed by atoms with Crippen molar-refractivity contribution in [1.29, 1.82) is 0 Å². The van der Waals surface area contributed by atoms with Crippen LogP contribution in [0.5, 0.6) is 0 Å². The van der Waals surface area contributed by atoms with E-state index in [-0.39, 0.29) is 24.3 Å². The van der Waals surface area contributed by atoms with Crippen LogP contribution in [0.2, 0.25) is 0 Å². The Kier molecular flexibility index (Phi) is 5.06. The molecule has 0 bridgehead atoms. The van der Waals surface area contributed by atoms with Gasteiger partial charge >= 0.3 is 6.18 Å². The Morgan fingerprint density at radius 1 is 0.971 bits per heavy atom. The van der Waals surface area contributed by atoms with E-state index >= 15 is 0 Å². The number of benzene rings is 3. The van der Waals surface area contributed by atoms with E-state index < -0.39 is 11.7 Å². The van der Waals surface area contributed by atoms with E-state index in [2.05, 4.69) is 11.1 Å². The minimum Gasteiger partial charge on any atom is -0.356 e. The lowest BCUT2D eigenvalue weighted by Crippen LogP contribution is -2.43. The van der Waals surface area contributed by atoms with Gasteiger partial charge in [-0.3, -0.25) is 4.79 Å². The summed E-state index contributed by atoms with van der Waals surface area (Å²) in [5.41, 5.74) is 3.00. The Morgan fingerprint density at radius 2 is 1.74 bits per heavy atom. The monoisotopic (exact) mass is 472 g/mol. The Bertz CT molecular complexity index is 1510. The Hall–Kier alpha value is -3.80. The molecule has 3 aromatic carbocycles. The van der Waals surface area contributed by atoms with Gasteiger partial charge in [0, 0.05) is 34.6 Å². The lowest BCUT2D eigenvalue weighted by Gasteiger charge is -2.40. The van der Waals surface area contributed by atoms with Crippen molar-refractivity contribution in [2.75, 3.05) is 6.54 Å². The number of alkyl halides is 3. The lowest BCUT2D eigenvalue weighted by molar-refractivity contribution is -0.0888. The fourth-order valence-electron chi connectivity index (χ4n) is 5.51. The van der Waals surface area contributed by atoms with Crippen LogP contribution in [-0.4, -0.2) is 28.5 Å². The van der Waals surface area contributed by atoms with Crippen LogP contribution in [0, 0.1) is 5.92 Å². The molecule has 0 spiro atoms. The second kappa shape index (κ2) is 8.15. The average Bonchev–Trinajstić information content (AvgIpc) is 3.26. The summed E-state index contributed by atoms with van der Waals surface area (Å²) in [6, 6.07) is 21.2. The molecule has 0 saturated heterocycles. The molecule has 0 fully saturated rings. The maximum absolute atomic E-state index is 13.8. The van der Waals surface area contributed by atoms with Crippen molar-refractivity contribution in [3.8, 4) is 0 Å². The molecule has 1 amide bonds. The maximum Gasteiger partial charge on any atom is 0.416 e. The largest absolute Gasteiger partial charge is 0.416 e. The van der Waals surface area contributed by atoms with E-state index in [4.69, 9.17) is 0 Å². The van der Waals surface area contributed by atoms with Gasteiger partial charge in [-0.1, -0.05) is 66.8 Å². The number of hydrogen-bond donors (Lipinski definition) is 1. The van der Waals surface area contributed by atoms with Crippen LogP contribution >= 0.6 is 0 Å². The molecular formula is C29H23F3N2O. The van der Waals surface area contributed by atoms with E-state index in [1.165, 1.54) is 6.08 Å². The zero-order valence-corrected chi connectivity index (χ0v) is 18.8. The number of carbonyl (C=O) groups is 1. The molecule has 4 aromatic rings. The molecule has 2 aliphatic rings. The summed E-state index contributed by atoms with van der Waals surface area (Å²) in [5.74, 6) is -0.373. The van der Waals surface area contributed by atoms with Crippen LogP contribution in [0.15, 0.2) is 90.5 Å². The number of aromatic nitrogens is 1. The molecule has 35 heavy (non-hydrogen) atoms. The SMILES string of the molecule is O=C(c1ccc2ccccc2c1)N1CCc2c([nH]c3ccccc23)C1C1C=CC(C(F)(F)F)=CC1.